The van der Waals surface area contributed by atoms with Crippen LogP contribution in [0.2, 0.25) is 0 Å². The van der Waals surface area contributed by atoms with Crippen LogP contribution in [0.1, 0.15) is 71.0 Å². The van der Waals surface area contributed by atoms with Gasteiger partial charge >= 0.3 is 0 Å². The lowest BCUT2D eigenvalue weighted by Gasteiger charge is -2.35. The lowest BCUT2D eigenvalue weighted by atomic mass is 9.81. The first kappa shape index (κ1) is 39.1. The molecule has 2 aliphatic carbocycles. The maximum atomic E-state index is 13.3. The zero-order valence-electron chi connectivity index (χ0n) is 31.9. The van der Waals surface area contributed by atoms with Gasteiger partial charge in [0.1, 0.15) is 17.7 Å². The topological polar surface area (TPSA) is 218 Å². The SMILES string of the molecule is O=C1CCC(N2C(=O)c3cccc(NCCOCCOCCOC[C@H]4C[C@H](NC(=O)c5cnc(Nc6ccc7cnccc7n6)cc5NC5CC5)C4)c3C2O)C(=O)N1. The Morgan fingerprint density at radius 1 is 0.897 bits per heavy atom. The van der Waals surface area contributed by atoms with Crippen molar-refractivity contribution in [2.75, 3.05) is 62.1 Å². The summed E-state index contributed by atoms with van der Waals surface area (Å²) in [6.45, 7) is 3.06. The van der Waals surface area contributed by atoms with Crippen LogP contribution in [0.4, 0.5) is 23.0 Å². The van der Waals surface area contributed by atoms with Crippen molar-refractivity contribution in [2.45, 2.75) is 62.9 Å². The Morgan fingerprint density at radius 2 is 1.71 bits per heavy atom. The monoisotopic (exact) mass is 793 g/mol. The Labute approximate surface area is 334 Å². The molecule has 0 radical (unpaired) electrons. The summed E-state index contributed by atoms with van der Waals surface area (Å²) in [5.41, 5.74) is 3.39. The zero-order valence-corrected chi connectivity index (χ0v) is 31.9. The predicted octanol–water partition coefficient (Wildman–Crippen LogP) is 3.26. The molecular weight excluding hydrogens is 747 g/mol. The van der Waals surface area contributed by atoms with E-state index >= 15 is 0 Å². The molecule has 1 aromatic carbocycles. The number of hydrogen-bond donors (Lipinski definition) is 6. The van der Waals surface area contributed by atoms with E-state index < -0.39 is 24.1 Å². The second kappa shape index (κ2) is 17.8. The molecule has 0 spiro atoms. The van der Waals surface area contributed by atoms with E-state index in [0.717, 1.165) is 47.2 Å². The van der Waals surface area contributed by atoms with Crippen molar-refractivity contribution >= 4 is 57.5 Å². The van der Waals surface area contributed by atoms with Crippen LogP contribution >= 0.6 is 0 Å². The molecule has 2 unspecified atom stereocenters. The first-order chi connectivity index (χ1) is 28.3. The number of aromatic nitrogens is 3. The fourth-order valence-electron chi connectivity index (χ4n) is 7.47. The molecule has 5 heterocycles. The maximum Gasteiger partial charge on any atom is 0.257 e. The number of benzene rings is 1. The van der Waals surface area contributed by atoms with E-state index in [0.29, 0.717) is 92.2 Å². The van der Waals surface area contributed by atoms with Gasteiger partial charge in [0.05, 0.1) is 49.8 Å². The van der Waals surface area contributed by atoms with E-state index in [1.54, 1.807) is 36.8 Å². The minimum absolute atomic E-state index is 0.0785. The Balaban J connectivity index is 0.685. The number of piperidine rings is 1. The van der Waals surface area contributed by atoms with E-state index in [2.05, 4.69) is 41.5 Å². The van der Waals surface area contributed by atoms with Gasteiger partial charge in [-0.2, -0.15) is 0 Å². The van der Waals surface area contributed by atoms with Gasteiger partial charge in [0, 0.05) is 78.5 Å². The summed E-state index contributed by atoms with van der Waals surface area (Å²) in [7, 11) is 0. The lowest BCUT2D eigenvalue weighted by molar-refractivity contribution is -0.139. The number of anilines is 4. The fraction of sp³-hybridized carbons (Fsp3) is 0.439. The van der Waals surface area contributed by atoms with Crippen LogP contribution in [0.3, 0.4) is 0 Å². The molecule has 4 aliphatic rings. The van der Waals surface area contributed by atoms with Gasteiger partial charge < -0.3 is 40.6 Å². The summed E-state index contributed by atoms with van der Waals surface area (Å²) in [5.74, 6) is 0.0552. The van der Waals surface area contributed by atoms with Crippen LogP contribution in [0, 0.1) is 5.92 Å². The maximum absolute atomic E-state index is 13.3. The van der Waals surface area contributed by atoms with Crippen LogP contribution in [0.15, 0.2) is 61.1 Å². The first-order valence-electron chi connectivity index (χ1n) is 19.8. The highest BCUT2D eigenvalue weighted by molar-refractivity contribution is 6.06. The lowest BCUT2D eigenvalue weighted by Crippen LogP contribution is -2.53. The first-order valence-corrected chi connectivity index (χ1v) is 19.8. The molecule has 304 valence electrons. The highest BCUT2D eigenvalue weighted by atomic mass is 16.5. The van der Waals surface area contributed by atoms with Crippen molar-refractivity contribution in [3.8, 4) is 0 Å². The number of imide groups is 1. The molecule has 58 heavy (non-hydrogen) atoms. The number of amides is 4. The van der Waals surface area contributed by atoms with E-state index in [1.807, 2.05) is 24.3 Å². The van der Waals surface area contributed by atoms with Gasteiger partial charge in [0.15, 0.2) is 6.23 Å². The standard InChI is InChI=1S/C41H47N9O8/c51-36-9-7-33(39(53)49-36)50-40(54)28-2-1-3-31(37(28)41(50)55)43-12-13-56-14-15-57-16-17-58-23-24-18-27(19-24)46-38(52)29-22-44-35(20-32(29)45-26-5-6-26)48-34-8-4-25-21-42-11-10-30(25)47-34/h1-4,8,10-11,20-22,24,26-27,33,41,43,55H,5-7,9,12-19,23H2,(H,46,52)(H,49,51,53)(H2,44,45,47,48)/t24-,27-,33?,41?. The number of carbonyl (C=O) groups is 4. The Hall–Kier alpha value is -5.75. The van der Waals surface area contributed by atoms with E-state index in [9.17, 15) is 24.3 Å². The van der Waals surface area contributed by atoms with Gasteiger partial charge in [-0.15, -0.1) is 0 Å². The largest absolute Gasteiger partial charge is 0.382 e. The van der Waals surface area contributed by atoms with Crippen LogP contribution < -0.4 is 26.6 Å². The number of fused-ring (bicyclic) bond motifs is 2. The molecule has 4 amide bonds. The molecule has 0 bridgehead atoms. The van der Waals surface area contributed by atoms with Crippen molar-refractivity contribution < 1.29 is 38.5 Å². The fourth-order valence-corrected chi connectivity index (χ4v) is 7.47. The van der Waals surface area contributed by atoms with Gasteiger partial charge in [-0.05, 0) is 68.4 Å². The molecule has 2 aliphatic heterocycles. The number of rotatable bonds is 19. The van der Waals surface area contributed by atoms with Gasteiger partial charge in [0.25, 0.3) is 11.8 Å². The molecule has 17 nitrogen and oxygen atoms in total. The van der Waals surface area contributed by atoms with Crippen molar-refractivity contribution in [2.24, 2.45) is 5.92 Å². The molecule has 6 N–H and O–H groups in total. The average molecular weight is 794 g/mol. The summed E-state index contributed by atoms with van der Waals surface area (Å²) in [4.78, 5) is 64.8. The van der Waals surface area contributed by atoms with Gasteiger partial charge in [-0.25, -0.2) is 9.97 Å². The van der Waals surface area contributed by atoms with Crippen LogP contribution in [-0.2, 0) is 23.8 Å². The van der Waals surface area contributed by atoms with Crippen LogP contribution in [0.5, 0.6) is 0 Å². The smallest absolute Gasteiger partial charge is 0.257 e. The molecule has 8 rings (SSSR count). The minimum atomic E-state index is -1.31. The molecule has 3 fully saturated rings. The normalized spacial score (nSPS) is 21.3. The number of nitrogens with one attached hydrogen (secondary N) is 5. The highest BCUT2D eigenvalue weighted by Crippen LogP contribution is 2.39. The van der Waals surface area contributed by atoms with Crippen molar-refractivity contribution in [1.82, 2.24) is 30.5 Å². The second-order valence-electron chi connectivity index (χ2n) is 15.0. The van der Waals surface area contributed by atoms with Gasteiger partial charge in [-0.1, -0.05) is 6.07 Å². The van der Waals surface area contributed by atoms with Gasteiger partial charge in [0.2, 0.25) is 11.8 Å². The van der Waals surface area contributed by atoms with E-state index in [1.165, 1.54) is 0 Å². The van der Waals surface area contributed by atoms with Crippen molar-refractivity contribution in [3.05, 3.63) is 77.7 Å². The third kappa shape index (κ3) is 9.18. The molecule has 1 saturated heterocycles. The summed E-state index contributed by atoms with van der Waals surface area (Å²) in [5, 5.41) is 27.3. The number of hydrogen-bond acceptors (Lipinski definition) is 14. The van der Waals surface area contributed by atoms with Crippen LogP contribution in [0.25, 0.3) is 10.9 Å². The molecule has 2 saturated carbocycles. The van der Waals surface area contributed by atoms with Gasteiger partial charge in [-0.3, -0.25) is 34.4 Å². The number of pyridine rings is 3. The average Bonchev–Trinajstić information content (AvgIpc) is 3.99. The molecule has 17 heteroatoms. The van der Waals surface area contributed by atoms with E-state index in [-0.39, 0.29) is 30.7 Å². The number of nitrogens with zero attached hydrogens (tertiary/aromatic N) is 4. The quantitative estimate of drug-likeness (QED) is 0.0594. The summed E-state index contributed by atoms with van der Waals surface area (Å²) in [6, 6.07) is 12.2. The summed E-state index contributed by atoms with van der Waals surface area (Å²) in [6.07, 6.45) is 7.87. The number of ether oxygens (including phenoxy) is 3. The highest BCUT2D eigenvalue weighted by Gasteiger charge is 2.45. The molecule has 2 atom stereocenters. The summed E-state index contributed by atoms with van der Waals surface area (Å²) >= 11 is 0. The Morgan fingerprint density at radius 3 is 2.52 bits per heavy atom. The minimum Gasteiger partial charge on any atom is -0.382 e. The number of carbonyl (C=O) groups excluding carboxylic acids is 4. The second-order valence-corrected chi connectivity index (χ2v) is 15.0. The van der Waals surface area contributed by atoms with Crippen molar-refractivity contribution in [1.29, 1.82) is 0 Å². The van der Waals surface area contributed by atoms with Crippen molar-refractivity contribution in [3.63, 3.8) is 0 Å². The summed E-state index contributed by atoms with van der Waals surface area (Å²) < 4.78 is 17.2. The Kier molecular flexibility index (Phi) is 12.0. The number of aliphatic hydroxyl groups is 1. The molecule has 3 aromatic heterocycles. The van der Waals surface area contributed by atoms with E-state index in [4.69, 9.17) is 14.2 Å². The number of aliphatic hydroxyl groups excluding tert-OH is 1. The third-order valence-electron chi connectivity index (χ3n) is 10.7. The predicted molar refractivity (Wildman–Crippen MR) is 212 cm³/mol. The zero-order chi connectivity index (χ0) is 40.0. The molecular formula is C41H47N9O8. The van der Waals surface area contributed by atoms with Crippen LogP contribution in [-0.4, -0.2) is 113 Å². The third-order valence-corrected chi connectivity index (χ3v) is 10.7. The molecule has 4 aromatic rings. The Bertz CT molecular complexity index is 2160.